The highest BCUT2D eigenvalue weighted by Crippen LogP contribution is 2.41. The fourth-order valence-corrected chi connectivity index (χ4v) is 3.97. The maximum Gasteiger partial charge on any atom is 0.200 e. The van der Waals surface area contributed by atoms with Crippen LogP contribution in [0.2, 0.25) is 0 Å². The van der Waals surface area contributed by atoms with E-state index in [2.05, 4.69) is 0 Å². The van der Waals surface area contributed by atoms with Crippen molar-refractivity contribution < 1.29 is 14.3 Å². The first-order chi connectivity index (χ1) is 13.2. The average Bonchev–Trinajstić information content (AvgIpc) is 3.03. The van der Waals surface area contributed by atoms with Crippen molar-refractivity contribution in [3.63, 3.8) is 0 Å². The number of thioether (sulfide) groups is 1. The molecule has 4 heteroatoms. The van der Waals surface area contributed by atoms with Crippen LogP contribution < -0.4 is 9.47 Å². The van der Waals surface area contributed by atoms with E-state index in [9.17, 15) is 4.79 Å². The monoisotopic (exact) mass is 374 g/mol. The van der Waals surface area contributed by atoms with Crippen LogP contribution in [0.5, 0.6) is 11.5 Å². The van der Waals surface area contributed by atoms with Gasteiger partial charge in [-0.1, -0.05) is 60.3 Å². The molecule has 0 atom stereocenters. The van der Waals surface area contributed by atoms with Crippen molar-refractivity contribution >= 4 is 23.6 Å². The standard InChI is InChI=1S/C23H18O3S/c1-25-20-13-17(11-12-19(20)26-15-16-7-3-2-4-8-16)14-22-23(24)18-9-5-6-10-21(18)27-22/h2-14H,15H2,1H3. The number of hydrogen-bond donors (Lipinski definition) is 0. The predicted octanol–water partition coefficient (Wildman–Crippen LogP) is 5.60. The molecular formula is C23H18O3S. The Morgan fingerprint density at radius 2 is 1.70 bits per heavy atom. The SMILES string of the molecule is COc1cc(C=C2Sc3ccccc3C2=O)ccc1OCc1ccccc1. The number of ketones is 1. The number of Topliss-reactive ketones (excluding diaryl/α,β-unsaturated/α-hetero) is 1. The second kappa shape index (κ2) is 7.72. The van der Waals surface area contributed by atoms with Crippen molar-refractivity contribution in [3.8, 4) is 11.5 Å². The first-order valence-electron chi connectivity index (χ1n) is 8.62. The number of methoxy groups -OCH3 is 1. The fraction of sp³-hybridized carbons (Fsp3) is 0.0870. The maximum absolute atomic E-state index is 12.5. The van der Waals surface area contributed by atoms with Crippen LogP contribution >= 0.6 is 11.8 Å². The molecule has 0 N–H and O–H groups in total. The third-order valence-corrected chi connectivity index (χ3v) is 5.40. The third kappa shape index (κ3) is 3.76. The Hall–Kier alpha value is -2.98. The molecule has 27 heavy (non-hydrogen) atoms. The molecule has 0 radical (unpaired) electrons. The molecule has 1 heterocycles. The summed E-state index contributed by atoms with van der Waals surface area (Å²) in [6, 6.07) is 23.4. The molecule has 1 aliphatic rings. The summed E-state index contributed by atoms with van der Waals surface area (Å²) in [6.07, 6.45) is 1.90. The molecule has 1 aliphatic heterocycles. The van der Waals surface area contributed by atoms with Gasteiger partial charge < -0.3 is 9.47 Å². The molecule has 0 fully saturated rings. The van der Waals surface area contributed by atoms with Gasteiger partial charge >= 0.3 is 0 Å². The van der Waals surface area contributed by atoms with Gasteiger partial charge in [0.15, 0.2) is 11.5 Å². The third-order valence-electron chi connectivity index (χ3n) is 4.30. The molecule has 0 amide bonds. The van der Waals surface area contributed by atoms with Gasteiger partial charge in [-0.25, -0.2) is 0 Å². The summed E-state index contributed by atoms with van der Waals surface area (Å²) < 4.78 is 11.4. The molecule has 4 rings (SSSR count). The van der Waals surface area contributed by atoms with Gasteiger partial charge in [-0.3, -0.25) is 4.79 Å². The molecule has 0 spiro atoms. The second-order valence-electron chi connectivity index (χ2n) is 6.12. The second-order valence-corrected chi connectivity index (χ2v) is 7.20. The molecule has 0 unspecified atom stereocenters. The summed E-state index contributed by atoms with van der Waals surface area (Å²) in [5.74, 6) is 1.39. The number of rotatable bonds is 5. The van der Waals surface area contributed by atoms with Crippen LogP contribution in [0.1, 0.15) is 21.5 Å². The van der Waals surface area contributed by atoms with Gasteiger partial charge in [0.05, 0.1) is 12.0 Å². The van der Waals surface area contributed by atoms with Gasteiger partial charge in [-0.05, 0) is 41.5 Å². The van der Waals surface area contributed by atoms with Gasteiger partial charge in [0, 0.05) is 10.5 Å². The van der Waals surface area contributed by atoms with Crippen molar-refractivity contribution in [2.24, 2.45) is 0 Å². The minimum Gasteiger partial charge on any atom is -0.493 e. The van der Waals surface area contributed by atoms with E-state index < -0.39 is 0 Å². The van der Waals surface area contributed by atoms with E-state index in [1.165, 1.54) is 11.8 Å². The number of benzene rings is 3. The van der Waals surface area contributed by atoms with Crippen LogP contribution in [-0.4, -0.2) is 12.9 Å². The minimum atomic E-state index is 0.0685. The highest BCUT2D eigenvalue weighted by molar-refractivity contribution is 8.04. The maximum atomic E-state index is 12.5. The number of ether oxygens (including phenoxy) is 2. The van der Waals surface area contributed by atoms with Crippen LogP contribution in [0.15, 0.2) is 82.6 Å². The van der Waals surface area contributed by atoms with E-state index in [1.807, 2.05) is 78.9 Å². The number of fused-ring (bicyclic) bond motifs is 1. The first-order valence-corrected chi connectivity index (χ1v) is 9.44. The van der Waals surface area contributed by atoms with E-state index in [0.29, 0.717) is 18.1 Å². The topological polar surface area (TPSA) is 35.5 Å². The first kappa shape index (κ1) is 17.4. The lowest BCUT2D eigenvalue weighted by Gasteiger charge is -2.11. The normalized spacial score (nSPS) is 14.3. The molecule has 3 aromatic rings. The zero-order chi connectivity index (χ0) is 18.6. The number of allylic oxidation sites excluding steroid dienone is 1. The Morgan fingerprint density at radius 3 is 2.48 bits per heavy atom. The highest BCUT2D eigenvalue weighted by Gasteiger charge is 2.25. The van der Waals surface area contributed by atoms with Crippen molar-refractivity contribution in [3.05, 3.63) is 94.4 Å². The van der Waals surface area contributed by atoms with Gasteiger partial charge in [0.25, 0.3) is 0 Å². The van der Waals surface area contributed by atoms with Gasteiger partial charge in [-0.15, -0.1) is 0 Å². The van der Waals surface area contributed by atoms with E-state index in [4.69, 9.17) is 9.47 Å². The number of hydrogen-bond acceptors (Lipinski definition) is 4. The fourth-order valence-electron chi connectivity index (χ4n) is 2.92. The Kier molecular flexibility index (Phi) is 4.99. The van der Waals surface area contributed by atoms with Crippen LogP contribution in [0.3, 0.4) is 0 Å². The lowest BCUT2D eigenvalue weighted by atomic mass is 10.1. The Balaban J connectivity index is 1.54. The molecule has 0 aromatic heterocycles. The van der Waals surface area contributed by atoms with Crippen LogP contribution in [0.4, 0.5) is 0 Å². The molecular weight excluding hydrogens is 356 g/mol. The van der Waals surface area contributed by atoms with Crippen molar-refractivity contribution in [2.45, 2.75) is 11.5 Å². The number of carbonyl (C=O) groups is 1. The Bertz CT molecular complexity index is 1010. The van der Waals surface area contributed by atoms with Crippen LogP contribution in [0.25, 0.3) is 6.08 Å². The summed E-state index contributed by atoms with van der Waals surface area (Å²) in [4.78, 5) is 14.3. The summed E-state index contributed by atoms with van der Waals surface area (Å²) in [7, 11) is 1.62. The Morgan fingerprint density at radius 1 is 0.926 bits per heavy atom. The van der Waals surface area contributed by atoms with Gasteiger partial charge in [-0.2, -0.15) is 0 Å². The molecule has 0 saturated carbocycles. The predicted molar refractivity (Wildman–Crippen MR) is 108 cm³/mol. The minimum absolute atomic E-state index is 0.0685. The van der Waals surface area contributed by atoms with E-state index >= 15 is 0 Å². The average molecular weight is 374 g/mol. The summed E-state index contributed by atoms with van der Waals surface area (Å²) in [5.41, 5.74) is 2.77. The van der Waals surface area contributed by atoms with E-state index in [0.717, 1.165) is 26.5 Å². The quantitative estimate of drug-likeness (QED) is 0.544. The van der Waals surface area contributed by atoms with Crippen molar-refractivity contribution in [1.82, 2.24) is 0 Å². The zero-order valence-electron chi connectivity index (χ0n) is 14.8. The Labute approximate surface area is 162 Å². The lowest BCUT2D eigenvalue weighted by molar-refractivity contribution is 0.104. The molecule has 0 bridgehead atoms. The van der Waals surface area contributed by atoms with E-state index in [1.54, 1.807) is 7.11 Å². The van der Waals surface area contributed by atoms with Crippen molar-refractivity contribution in [2.75, 3.05) is 7.11 Å². The number of carbonyl (C=O) groups excluding carboxylic acids is 1. The highest BCUT2D eigenvalue weighted by atomic mass is 32.2. The summed E-state index contributed by atoms with van der Waals surface area (Å²) in [6.45, 7) is 0.473. The van der Waals surface area contributed by atoms with E-state index in [-0.39, 0.29) is 5.78 Å². The van der Waals surface area contributed by atoms with Gasteiger partial charge in [0.1, 0.15) is 6.61 Å². The molecule has 134 valence electrons. The summed E-state index contributed by atoms with van der Waals surface area (Å²) >= 11 is 1.50. The molecule has 3 nitrogen and oxygen atoms in total. The van der Waals surface area contributed by atoms with Crippen molar-refractivity contribution in [1.29, 1.82) is 0 Å². The van der Waals surface area contributed by atoms with Crippen LogP contribution in [-0.2, 0) is 6.61 Å². The zero-order valence-corrected chi connectivity index (χ0v) is 15.7. The smallest absolute Gasteiger partial charge is 0.200 e. The van der Waals surface area contributed by atoms with Gasteiger partial charge in [0.2, 0.25) is 5.78 Å². The summed E-state index contributed by atoms with van der Waals surface area (Å²) in [5, 5.41) is 0. The largest absolute Gasteiger partial charge is 0.493 e. The molecule has 0 saturated heterocycles. The molecule has 3 aromatic carbocycles. The van der Waals surface area contributed by atoms with Crippen LogP contribution in [0, 0.1) is 0 Å². The lowest BCUT2D eigenvalue weighted by Crippen LogP contribution is -1.98. The molecule has 0 aliphatic carbocycles.